The van der Waals surface area contributed by atoms with Crippen LogP contribution in [0.4, 0.5) is 0 Å². The third kappa shape index (κ3) is 5.87. The zero-order valence-corrected chi connectivity index (χ0v) is 12.3. The molecule has 110 valence electrons. The highest BCUT2D eigenvalue weighted by atomic mass is 16.5. The van der Waals surface area contributed by atoms with Gasteiger partial charge in [0, 0.05) is 19.5 Å². The Labute approximate surface area is 120 Å². The number of amides is 1. The van der Waals surface area contributed by atoms with Crippen molar-refractivity contribution in [2.45, 2.75) is 39.7 Å². The maximum absolute atomic E-state index is 12.2. The molecule has 0 N–H and O–H groups in total. The van der Waals surface area contributed by atoms with Crippen molar-refractivity contribution in [1.29, 1.82) is 0 Å². The van der Waals surface area contributed by atoms with Gasteiger partial charge in [0.25, 0.3) is 0 Å². The standard InChI is InChI=1S/C16H23NO3/c1-3-12-17(13-14-8-6-5-7-9-14)15(18)10-11-16(19)20-4-2/h5-9H,3-4,10-13H2,1-2H3. The molecule has 1 aromatic carbocycles. The van der Waals surface area contributed by atoms with Gasteiger partial charge in [-0.1, -0.05) is 37.3 Å². The van der Waals surface area contributed by atoms with Gasteiger partial charge in [0.05, 0.1) is 13.0 Å². The number of esters is 1. The van der Waals surface area contributed by atoms with Gasteiger partial charge in [0.1, 0.15) is 0 Å². The Hall–Kier alpha value is -1.84. The summed E-state index contributed by atoms with van der Waals surface area (Å²) in [5, 5.41) is 0. The molecule has 0 aliphatic carbocycles. The molecule has 1 aromatic rings. The maximum Gasteiger partial charge on any atom is 0.306 e. The molecule has 0 heterocycles. The zero-order valence-electron chi connectivity index (χ0n) is 12.3. The van der Waals surface area contributed by atoms with Gasteiger partial charge in [-0.25, -0.2) is 0 Å². The van der Waals surface area contributed by atoms with E-state index in [1.54, 1.807) is 11.8 Å². The van der Waals surface area contributed by atoms with Crippen LogP contribution in [0.25, 0.3) is 0 Å². The highest BCUT2D eigenvalue weighted by Gasteiger charge is 2.15. The quantitative estimate of drug-likeness (QED) is 0.686. The van der Waals surface area contributed by atoms with Crippen molar-refractivity contribution >= 4 is 11.9 Å². The molecule has 0 unspecified atom stereocenters. The van der Waals surface area contributed by atoms with Crippen LogP contribution >= 0.6 is 0 Å². The molecular formula is C16H23NO3. The minimum Gasteiger partial charge on any atom is -0.466 e. The molecule has 4 nitrogen and oxygen atoms in total. The van der Waals surface area contributed by atoms with Crippen LogP contribution in [0.15, 0.2) is 30.3 Å². The van der Waals surface area contributed by atoms with E-state index in [1.165, 1.54) is 0 Å². The summed E-state index contributed by atoms with van der Waals surface area (Å²) >= 11 is 0. The van der Waals surface area contributed by atoms with Crippen LogP contribution < -0.4 is 0 Å². The highest BCUT2D eigenvalue weighted by molar-refractivity contribution is 5.81. The molecule has 0 atom stereocenters. The van der Waals surface area contributed by atoms with E-state index in [0.29, 0.717) is 19.7 Å². The fourth-order valence-electron chi connectivity index (χ4n) is 1.97. The Kier molecular flexibility index (Phi) is 7.40. The molecule has 20 heavy (non-hydrogen) atoms. The smallest absolute Gasteiger partial charge is 0.306 e. The van der Waals surface area contributed by atoms with Crippen molar-refractivity contribution in [2.24, 2.45) is 0 Å². The lowest BCUT2D eigenvalue weighted by molar-refractivity contribution is -0.145. The third-order valence-electron chi connectivity index (χ3n) is 2.91. The molecule has 0 saturated carbocycles. The lowest BCUT2D eigenvalue weighted by Crippen LogP contribution is -2.31. The van der Waals surface area contributed by atoms with Crippen LogP contribution in [0.3, 0.4) is 0 Å². The van der Waals surface area contributed by atoms with Gasteiger partial charge >= 0.3 is 5.97 Å². The average Bonchev–Trinajstić information content (AvgIpc) is 2.46. The van der Waals surface area contributed by atoms with E-state index in [-0.39, 0.29) is 24.7 Å². The number of nitrogens with zero attached hydrogens (tertiary/aromatic N) is 1. The first kappa shape index (κ1) is 16.2. The zero-order chi connectivity index (χ0) is 14.8. The molecule has 0 bridgehead atoms. The summed E-state index contributed by atoms with van der Waals surface area (Å²) in [6, 6.07) is 9.88. The van der Waals surface area contributed by atoms with Gasteiger partial charge in [-0.3, -0.25) is 9.59 Å². The Morgan fingerprint density at radius 1 is 1.10 bits per heavy atom. The molecule has 4 heteroatoms. The number of hydrogen-bond donors (Lipinski definition) is 0. The van der Waals surface area contributed by atoms with Crippen LogP contribution in [-0.2, 0) is 20.9 Å². The van der Waals surface area contributed by atoms with E-state index >= 15 is 0 Å². The van der Waals surface area contributed by atoms with Gasteiger partial charge in [0.2, 0.25) is 5.91 Å². The summed E-state index contributed by atoms with van der Waals surface area (Å²) in [5.41, 5.74) is 1.10. The maximum atomic E-state index is 12.2. The Balaban J connectivity index is 2.52. The molecule has 1 rings (SSSR count). The first-order valence-electron chi connectivity index (χ1n) is 7.14. The summed E-state index contributed by atoms with van der Waals surface area (Å²) in [5.74, 6) is -0.305. The molecule has 0 aliphatic rings. The fourth-order valence-corrected chi connectivity index (χ4v) is 1.97. The van der Waals surface area contributed by atoms with Gasteiger partial charge in [-0.05, 0) is 18.9 Å². The van der Waals surface area contributed by atoms with Gasteiger partial charge in [0.15, 0.2) is 0 Å². The van der Waals surface area contributed by atoms with E-state index < -0.39 is 0 Å². The normalized spacial score (nSPS) is 10.1. The minimum absolute atomic E-state index is 0.00348. The van der Waals surface area contributed by atoms with Crippen molar-refractivity contribution < 1.29 is 14.3 Å². The Bertz CT molecular complexity index is 417. The van der Waals surface area contributed by atoms with Crippen molar-refractivity contribution in [3.63, 3.8) is 0 Å². The number of hydrogen-bond acceptors (Lipinski definition) is 3. The average molecular weight is 277 g/mol. The van der Waals surface area contributed by atoms with Crippen molar-refractivity contribution in [1.82, 2.24) is 4.90 Å². The largest absolute Gasteiger partial charge is 0.466 e. The van der Waals surface area contributed by atoms with Crippen LogP contribution in [0.2, 0.25) is 0 Å². The number of carbonyl (C=O) groups is 2. The summed E-state index contributed by atoms with van der Waals surface area (Å²) in [4.78, 5) is 25.3. The predicted octanol–water partition coefficient (Wildman–Crippen LogP) is 2.77. The van der Waals surface area contributed by atoms with E-state index in [4.69, 9.17) is 4.74 Å². The summed E-state index contributed by atoms with van der Waals surface area (Å²) in [6.45, 7) is 5.46. The van der Waals surface area contributed by atoms with Gasteiger partial charge in [-0.15, -0.1) is 0 Å². The first-order chi connectivity index (χ1) is 9.67. The van der Waals surface area contributed by atoms with Gasteiger partial charge in [-0.2, -0.15) is 0 Å². The van der Waals surface area contributed by atoms with E-state index in [1.807, 2.05) is 37.3 Å². The highest BCUT2D eigenvalue weighted by Crippen LogP contribution is 2.08. The minimum atomic E-state index is -0.308. The number of benzene rings is 1. The lowest BCUT2D eigenvalue weighted by atomic mass is 10.2. The number of rotatable bonds is 8. The molecule has 0 aliphatic heterocycles. The van der Waals surface area contributed by atoms with E-state index in [9.17, 15) is 9.59 Å². The molecule has 0 spiro atoms. The monoisotopic (exact) mass is 277 g/mol. The summed E-state index contributed by atoms with van der Waals surface area (Å²) in [6.07, 6.45) is 1.27. The summed E-state index contributed by atoms with van der Waals surface area (Å²) in [7, 11) is 0. The second kappa shape index (κ2) is 9.13. The molecular weight excluding hydrogens is 254 g/mol. The van der Waals surface area contributed by atoms with Crippen LogP contribution in [0, 0.1) is 0 Å². The SMILES string of the molecule is CCCN(Cc1ccccc1)C(=O)CCC(=O)OCC. The Morgan fingerprint density at radius 3 is 2.40 bits per heavy atom. The third-order valence-corrected chi connectivity index (χ3v) is 2.91. The van der Waals surface area contributed by atoms with Crippen molar-refractivity contribution in [3.05, 3.63) is 35.9 Å². The molecule has 0 fully saturated rings. The first-order valence-corrected chi connectivity index (χ1v) is 7.14. The lowest BCUT2D eigenvalue weighted by Gasteiger charge is -2.22. The Morgan fingerprint density at radius 2 is 1.80 bits per heavy atom. The molecule has 0 saturated heterocycles. The number of ether oxygens (including phenoxy) is 1. The number of carbonyl (C=O) groups excluding carboxylic acids is 2. The van der Waals surface area contributed by atoms with Gasteiger partial charge < -0.3 is 9.64 Å². The topological polar surface area (TPSA) is 46.6 Å². The van der Waals surface area contributed by atoms with E-state index in [0.717, 1.165) is 12.0 Å². The van der Waals surface area contributed by atoms with Crippen LogP contribution in [0.5, 0.6) is 0 Å². The van der Waals surface area contributed by atoms with Crippen molar-refractivity contribution in [3.8, 4) is 0 Å². The second-order valence-corrected chi connectivity index (χ2v) is 4.61. The van der Waals surface area contributed by atoms with E-state index in [2.05, 4.69) is 0 Å². The summed E-state index contributed by atoms with van der Waals surface area (Å²) < 4.78 is 4.84. The van der Waals surface area contributed by atoms with Crippen LogP contribution in [0.1, 0.15) is 38.7 Å². The molecule has 0 aromatic heterocycles. The van der Waals surface area contributed by atoms with Crippen LogP contribution in [-0.4, -0.2) is 29.9 Å². The second-order valence-electron chi connectivity index (χ2n) is 4.61. The molecule has 0 radical (unpaired) electrons. The van der Waals surface area contributed by atoms with Crippen molar-refractivity contribution in [2.75, 3.05) is 13.2 Å². The molecule has 1 amide bonds. The predicted molar refractivity (Wildman–Crippen MR) is 78.0 cm³/mol. The fraction of sp³-hybridized carbons (Fsp3) is 0.500.